The minimum absolute atomic E-state index is 0.753. The molecule has 0 saturated heterocycles. The fourth-order valence-electron chi connectivity index (χ4n) is 2.30. The van der Waals surface area contributed by atoms with Crippen LogP contribution in [0.5, 0.6) is 0 Å². The summed E-state index contributed by atoms with van der Waals surface area (Å²) in [6, 6.07) is 8.42. The number of aromatic nitrogens is 3. The smallest absolute Gasteiger partial charge is 0.128 e. The highest BCUT2D eigenvalue weighted by Crippen LogP contribution is 2.18. The molecule has 0 aliphatic rings. The highest BCUT2D eigenvalue weighted by atomic mass is 15.1. The molecule has 0 fully saturated rings. The predicted molar refractivity (Wildman–Crippen MR) is 78.1 cm³/mol. The number of hydrogen-bond acceptors (Lipinski definition) is 2. The first-order chi connectivity index (χ1) is 9.36. The maximum absolute atomic E-state index is 4.40. The van der Waals surface area contributed by atoms with Crippen LogP contribution in [0.1, 0.15) is 19.2 Å². The number of benzene rings is 1. The number of imidazole rings is 1. The molecule has 1 aromatic carbocycles. The van der Waals surface area contributed by atoms with Gasteiger partial charge in [-0.2, -0.15) is 0 Å². The molecule has 19 heavy (non-hydrogen) atoms. The van der Waals surface area contributed by atoms with E-state index in [9.17, 15) is 0 Å². The maximum atomic E-state index is 4.40. The molecule has 0 bridgehead atoms. The van der Waals surface area contributed by atoms with Crippen molar-refractivity contribution in [1.82, 2.24) is 14.5 Å². The zero-order valence-electron chi connectivity index (χ0n) is 11.1. The van der Waals surface area contributed by atoms with Crippen molar-refractivity contribution in [3.05, 3.63) is 48.7 Å². The van der Waals surface area contributed by atoms with E-state index in [2.05, 4.69) is 51.0 Å². The van der Waals surface area contributed by atoms with Crippen LogP contribution in [0.3, 0.4) is 0 Å². The van der Waals surface area contributed by atoms with Crippen molar-refractivity contribution >= 4 is 16.6 Å². The molecule has 0 saturated carbocycles. The molecule has 2 aromatic heterocycles. The highest BCUT2D eigenvalue weighted by Gasteiger charge is 2.02. The Morgan fingerprint density at radius 1 is 1.32 bits per heavy atom. The summed E-state index contributed by atoms with van der Waals surface area (Å²) >= 11 is 0. The lowest BCUT2D eigenvalue weighted by Gasteiger charge is -2.09. The van der Waals surface area contributed by atoms with Crippen LogP contribution in [0.15, 0.2) is 42.9 Å². The first-order valence-electron chi connectivity index (χ1n) is 6.68. The van der Waals surface area contributed by atoms with E-state index >= 15 is 0 Å². The van der Waals surface area contributed by atoms with Gasteiger partial charge in [-0.3, -0.25) is 0 Å². The summed E-state index contributed by atoms with van der Waals surface area (Å²) in [5.41, 5.74) is 2.29. The second kappa shape index (κ2) is 5.18. The van der Waals surface area contributed by atoms with Gasteiger partial charge in [0.2, 0.25) is 0 Å². The number of aromatic amines is 1. The minimum atomic E-state index is 0.753. The normalized spacial score (nSPS) is 11.0. The van der Waals surface area contributed by atoms with Gasteiger partial charge in [-0.15, -0.1) is 0 Å². The van der Waals surface area contributed by atoms with Gasteiger partial charge >= 0.3 is 0 Å². The first-order valence-corrected chi connectivity index (χ1v) is 6.68. The largest absolute Gasteiger partial charge is 0.378 e. The monoisotopic (exact) mass is 254 g/mol. The molecule has 4 heteroatoms. The summed E-state index contributed by atoms with van der Waals surface area (Å²) < 4.78 is 2.20. The fraction of sp³-hybridized carbons (Fsp3) is 0.267. The van der Waals surface area contributed by atoms with Crippen LogP contribution in [0.4, 0.5) is 5.69 Å². The van der Waals surface area contributed by atoms with Crippen LogP contribution in [-0.2, 0) is 13.1 Å². The van der Waals surface area contributed by atoms with E-state index in [4.69, 9.17) is 0 Å². The third-order valence-corrected chi connectivity index (χ3v) is 3.27. The lowest BCUT2D eigenvalue weighted by molar-refractivity contribution is 0.644. The zero-order chi connectivity index (χ0) is 13.1. The Labute approximate surface area is 112 Å². The van der Waals surface area contributed by atoms with Crippen LogP contribution in [0, 0.1) is 0 Å². The molecule has 0 aliphatic carbocycles. The molecule has 3 rings (SSSR count). The summed E-state index contributed by atoms with van der Waals surface area (Å²) in [4.78, 5) is 7.59. The molecule has 0 aliphatic heterocycles. The third-order valence-electron chi connectivity index (χ3n) is 3.27. The molecule has 0 atom stereocenters. The van der Waals surface area contributed by atoms with Gasteiger partial charge in [0, 0.05) is 41.7 Å². The number of nitrogens with zero attached hydrogens (tertiary/aromatic N) is 2. The molecule has 0 amide bonds. The van der Waals surface area contributed by atoms with Crippen molar-refractivity contribution in [2.24, 2.45) is 0 Å². The standard InChI is InChI=1S/C15H18N4/c1-2-8-19-9-7-17-15(19)11-18-13-3-4-14-12(10-13)5-6-16-14/h3-7,9-10,16,18H,2,8,11H2,1H3. The summed E-state index contributed by atoms with van der Waals surface area (Å²) in [5.74, 6) is 1.08. The van der Waals surface area contributed by atoms with E-state index in [0.717, 1.165) is 36.5 Å². The van der Waals surface area contributed by atoms with Crippen LogP contribution in [0.2, 0.25) is 0 Å². The Bertz CT molecular complexity index is 665. The summed E-state index contributed by atoms with van der Waals surface area (Å²) in [5, 5.41) is 4.65. The quantitative estimate of drug-likeness (QED) is 0.733. The van der Waals surface area contributed by atoms with Crippen LogP contribution < -0.4 is 5.32 Å². The van der Waals surface area contributed by atoms with Crippen molar-refractivity contribution in [1.29, 1.82) is 0 Å². The van der Waals surface area contributed by atoms with Crippen LogP contribution >= 0.6 is 0 Å². The fourth-order valence-corrected chi connectivity index (χ4v) is 2.30. The average Bonchev–Trinajstić information content (AvgIpc) is 3.05. The lowest BCUT2D eigenvalue weighted by Crippen LogP contribution is -2.08. The maximum Gasteiger partial charge on any atom is 0.128 e. The van der Waals surface area contributed by atoms with Crippen molar-refractivity contribution in [2.75, 3.05) is 5.32 Å². The highest BCUT2D eigenvalue weighted by molar-refractivity contribution is 5.82. The second-order valence-electron chi connectivity index (χ2n) is 4.67. The second-order valence-corrected chi connectivity index (χ2v) is 4.67. The van der Waals surface area contributed by atoms with E-state index in [1.54, 1.807) is 0 Å². The molecule has 98 valence electrons. The van der Waals surface area contributed by atoms with Crippen LogP contribution in [0.25, 0.3) is 10.9 Å². The molecule has 2 heterocycles. The lowest BCUT2D eigenvalue weighted by atomic mass is 10.2. The Morgan fingerprint density at radius 3 is 3.16 bits per heavy atom. The molecular formula is C15H18N4. The van der Waals surface area contributed by atoms with Crippen molar-refractivity contribution in [3.63, 3.8) is 0 Å². The summed E-state index contributed by atoms with van der Waals surface area (Å²) in [7, 11) is 0. The van der Waals surface area contributed by atoms with E-state index in [1.807, 2.05) is 18.6 Å². The van der Waals surface area contributed by atoms with Gasteiger partial charge < -0.3 is 14.9 Å². The Balaban J connectivity index is 1.72. The first kappa shape index (κ1) is 11.8. The van der Waals surface area contributed by atoms with Crippen LogP contribution in [-0.4, -0.2) is 14.5 Å². The predicted octanol–water partition coefficient (Wildman–Crippen LogP) is 3.39. The number of H-pyrrole nitrogens is 1. The Hall–Kier alpha value is -2.23. The van der Waals surface area contributed by atoms with Gasteiger partial charge in [-0.1, -0.05) is 6.92 Å². The van der Waals surface area contributed by atoms with Crippen molar-refractivity contribution in [2.45, 2.75) is 26.4 Å². The van der Waals surface area contributed by atoms with Gasteiger partial charge in [0.1, 0.15) is 5.82 Å². The molecular weight excluding hydrogens is 236 g/mol. The molecule has 4 nitrogen and oxygen atoms in total. The van der Waals surface area contributed by atoms with E-state index < -0.39 is 0 Å². The molecule has 0 radical (unpaired) electrons. The molecule has 0 spiro atoms. The number of nitrogens with one attached hydrogen (secondary N) is 2. The number of anilines is 1. The Morgan fingerprint density at radius 2 is 2.26 bits per heavy atom. The summed E-state index contributed by atoms with van der Waals surface area (Å²) in [6.45, 7) is 3.95. The van der Waals surface area contributed by atoms with Gasteiger partial charge in [0.05, 0.1) is 6.54 Å². The van der Waals surface area contributed by atoms with Crippen molar-refractivity contribution < 1.29 is 0 Å². The minimum Gasteiger partial charge on any atom is -0.378 e. The number of aryl methyl sites for hydroxylation is 1. The average molecular weight is 254 g/mol. The van der Waals surface area contributed by atoms with Gasteiger partial charge in [-0.05, 0) is 30.7 Å². The van der Waals surface area contributed by atoms with Gasteiger partial charge in [0.25, 0.3) is 0 Å². The summed E-state index contributed by atoms with van der Waals surface area (Å²) in [6.07, 6.45) is 6.99. The van der Waals surface area contributed by atoms with Gasteiger partial charge in [0.15, 0.2) is 0 Å². The Kier molecular flexibility index (Phi) is 3.23. The topological polar surface area (TPSA) is 45.6 Å². The number of fused-ring (bicyclic) bond motifs is 1. The molecule has 0 unspecified atom stereocenters. The zero-order valence-corrected chi connectivity index (χ0v) is 11.1. The number of hydrogen-bond donors (Lipinski definition) is 2. The molecule has 3 aromatic rings. The molecule has 2 N–H and O–H groups in total. The van der Waals surface area contributed by atoms with E-state index in [1.165, 1.54) is 5.39 Å². The van der Waals surface area contributed by atoms with E-state index in [0.29, 0.717) is 0 Å². The SMILES string of the molecule is CCCn1ccnc1CNc1ccc2[nH]ccc2c1. The third kappa shape index (κ3) is 2.47. The van der Waals surface area contributed by atoms with Gasteiger partial charge in [-0.25, -0.2) is 4.98 Å². The van der Waals surface area contributed by atoms with E-state index in [-0.39, 0.29) is 0 Å². The van der Waals surface area contributed by atoms with Crippen molar-refractivity contribution in [3.8, 4) is 0 Å². The number of rotatable bonds is 5.